The second-order valence-electron chi connectivity index (χ2n) is 3.95. The average molecular weight is 252 g/mol. The fourth-order valence-electron chi connectivity index (χ4n) is 1.55. The number of aryl methyl sites for hydroxylation is 2. The summed E-state index contributed by atoms with van der Waals surface area (Å²) in [6.07, 6.45) is 3.70. The van der Waals surface area contributed by atoms with Crippen molar-refractivity contribution in [1.29, 1.82) is 0 Å². The van der Waals surface area contributed by atoms with E-state index < -0.39 is 0 Å². The van der Waals surface area contributed by atoms with Crippen molar-refractivity contribution >= 4 is 17.4 Å². The Bertz CT molecular complexity index is 502. The molecule has 0 unspecified atom stereocenters. The standard InChI is InChI=1S/C11H14ClN5/c1-8-6-9(15-11(12)14-8)17(3)7-10-13-4-5-16(10)2/h4-6H,7H2,1-3H3. The first-order valence-corrected chi connectivity index (χ1v) is 5.62. The zero-order chi connectivity index (χ0) is 12.4. The third-order valence-electron chi connectivity index (χ3n) is 2.50. The SMILES string of the molecule is Cc1cc(N(C)Cc2nccn2C)nc(Cl)n1. The Morgan fingerprint density at radius 2 is 2.18 bits per heavy atom. The molecule has 0 aliphatic rings. The van der Waals surface area contributed by atoms with Crippen LogP contribution < -0.4 is 4.90 Å². The summed E-state index contributed by atoms with van der Waals surface area (Å²) >= 11 is 5.84. The number of nitrogens with zero attached hydrogens (tertiary/aromatic N) is 5. The summed E-state index contributed by atoms with van der Waals surface area (Å²) < 4.78 is 1.98. The maximum absolute atomic E-state index is 5.84. The van der Waals surface area contributed by atoms with Gasteiger partial charge in [0, 0.05) is 38.2 Å². The maximum atomic E-state index is 5.84. The van der Waals surface area contributed by atoms with Gasteiger partial charge in [-0.05, 0) is 18.5 Å². The molecule has 6 heteroatoms. The summed E-state index contributed by atoms with van der Waals surface area (Å²) in [6.45, 7) is 2.57. The molecular formula is C11H14ClN5. The van der Waals surface area contributed by atoms with Crippen LogP contribution >= 0.6 is 11.6 Å². The van der Waals surface area contributed by atoms with Crippen molar-refractivity contribution in [3.8, 4) is 0 Å². The van der Waals surface area contributed by atoms with Crippen LogP contribution in [0.15, 0.2) is 18.5 Å². The highest BCUT2D eigenvalue weighted by Gasteiger charge is 2.08. The summed E-state index contributed by atoms with van der Waals surface area (Å²) in [5, 5.41) is 0.270. The van der Waals surface area contributed by atoms with Crippen molar-refractivity contribution in [2.24, 2.45) is 7.05 Å². The molecule has 0 radical (unpaired) electrons. The van der Waals surface area contributed by atoms with Gasteiger partial charge in [-0.15, -0.1) is 0 Å². The maximum Gasteiger partial charge on any atom is 0.224 e. The van der Waals surface area contributed by atoms with Crippen molar-refractivity contribution in [3.05, 3.63) is 35.3 Å². The number of imidazole rings is 1. The number of rotatable bonds is 3. The van der Waals surface area contributed by atoms with Gasteiger partial charge in [-0.1, -0.05) is 0 Å². The zero-order valence-corrected chi connectivity index (χ0v) is 10.8. The summed E-state index contributed by atoms with van der Waals surface area (Å²) in [6, 6.07) is 1.90. The fourth-order valence-corrected chi connectivity index (χ4v) is 1.77. The van der Waals surface area contributed by atoms with Gasteiger partial charge in [0.05, 0.1) is 6.54 Å². The Morgan fingerprint density at radius 3 is 2.76 bits per heavy atom. The molecule has 2 rings (SSSR count). The van der Waals surface area contributed by atoms with Crippen molar-refractivity contribution in [1.82, 2.24) is 19.5 Å². The molecule has 5 nitrogen and oxygen atoms in total. The predicted octanol–water partition coefficient (Wildman–Crippen LogP) is 1.81. The van der Waals surface area contributed by atoms with Crippen molar-refractivity contribution in [2.45, 2.75) is 13.5 Å². The van der Waals surface area contributed by atoms with Gasteiger partial charge in [0.15, 0.2) is 0 Å². The molecule has 0 fully saturated rings. The van der Waals surface area contributed by atoms with Crippen molar-refractivity contribution in [2.75, 3.05) is 11.9 Å². The zero-order valence-electron chi connectivity index (χ0n) is 10.1. The first-order valence-electron chi connectivity index (χ1n) is 5.25. The molecule has 0 saturated heterocycles. The topological polar surface area (TPSA) is 46.8 Å². The minimum absolute atomic E-state index is 0.270. The molecule has 90 valence electrons. The Morgan fingerprint density at radius 1 is 1.41 bits per heavy atom. The van der Waals surface area contributed by atoms with E-state index in [-0.39, 0.29) is 5.28 Å². The molecule has 0 atom stereocenters. The van der Waals surface area contributed by atoms with Crippen LogP contribution in [-0.2, 0) is 13.6 Å². The molecule has 0 aliphatic carbocycles. The van der Waals surface area contributed by atoms with Gasteiger partial charge in [0.25, 0.3) is 0 Å². The van der Waals surface area contributed by atoms with Gasteiger partial charge in [0.1, 0.15) is 11.6 Å². The molecular weight excluding hydrogens is 238 g/mol. The molecule has 0 saturated carbocycles. The van der Waals surface area contributed by atoms with E-state index in [2.05, 4.69) is 15.0 Å². The number of hydrogen-bond acceptors (Lipinski definition) is 4. The van der Waals surface area contributed by atoms with Crippen LogP contribution in [-0.4, -0.2) is 26.6 Å². The van der Waals surface area contributed by atoms with Gasteiger partial charge >= 0.3 is 0 Å². The molecule has 0 spiro atoms. The van der Waals surface area contributed by atoms with E-state index in [1.165, 1.54) is 0 Å². The lowest BCUT2D eigenvalue weighted by molar-refractivity contribution is 0.753. The molecule has 2 aromatic rings. The number of aromatic nitrogens is 4. The number of hydrogen-bond donors (Lipinski definition) is 0. The monoisotopic (exact) mass is 251 g/mol. The molecule has 17 heavy (non-hydrogen) atoms. The molecule has 0 amide bonds. The molecule has 0 N–H and O–H groups in total. The van der Waals surface area contributed by atoms with E-state index >= 15 is 0 Å². The van der Waals surface area contributed by atoms with E-state index in [0.29, 0.717) is 6.54 Å². The molecule has 0 bridgehead atoms. The highest BCUT2D eigenvalue weighted by molar-refractivity contribution is 6.28. The first kappa shape index (κ1) is 11.9. The quantitative estimate of drug-likeness (QED) is 0.781. The molecule has 0 aromatic carbocycles. The third kappa shape index (κ3) is 2.74. The Balaban J connectivity index is 2.20. The van der Waals surface area contributed by atoms with E-state index in [1.807, 2.05) is 42.7 Å². The first-order chi connectivity index (χ1) is 8.06. The van der Waals surface area contributed by atoms with E-state index in [4.69, 9.17) is 11.6 Å². The van der Waals surface area contributed by atoms with Gasteiger partial charge in [0.2, 0.25) is 5.28 Å². The normalized spacial score (nSPS) is 10.6. The summed E-state index contributed by atoms with van der Waals surface area (Å²) in [5.41, 5.74) is 0.853. The van der Waals surface area contributed by atoms with Crippen LogP contribution in [0.4, 0.5) is 5.82 Å². The van der Waals surface area contributed by atoms with Crippen LogP contribution in [0.2, 0.25) is 5.28 Å². The second-order valence-corrected chi connectivity index (χ2v) is 4.29. The minimum atomic E-state index is 0.270. The van der Waals surface area contributed by atoms with Crippen molar-refractivity contribution < 1.29 is 0 Å². The fraction of sp³-hybridized carbons (Fsp3) is 0.364. The van der Waals surface area contributed by atoms with Crippen LogP contribution in [0.3, 0.4) is 0 Å². The van der Waals surface area contributed by atoms with E-state index in [0.717, 1.165) is 17.3 Å². The Labute approximate surface area is 105 Å². The van der Waals surface area contributed by atoms with Crippen LogP contribution in [0.25, 0.3) is 0 Å². The summed E-state index contributed by atoms with van der Waals surface area (Å²) in [5.74, 6) is 1.77. The number of halogens is 1. The predicted molar refractivity (Wildman–Crippen MR) is 67.1 cm³/mol. The van der Waals surface area contributed by atoms with Crippen LogP contribution in [0.1, 0.15) is 11.5 Å². The molecule has 0 aliphatic heterocycles. The lowest BCUT2D eigenvalue weighted by Crippen LogP contribution is -2.20. The van der Waals surface area contributed by atoms with Gasteiger partial charge in [-0.25, -0.2) is 15.0 Å². The Hall–Kier alpha value is -1.62. The lowest BCUT2D eigenvalue weighted by atomic mass is 10.4. The third-order valence-corrected chi connectivity index (χ3v) is 2.67. The van der Waals surface area contributed by atoms with Gasteiger partial charge in [-0.2, -0.15) is 0 Å². The number of anilines is 1. The van der Waals surface area contributed by atoms with Gasteiger partial charge in [-0.3, -0.25) is 0 Å². The van der Waals surface area contributed by atoms with Crippen molar-refractivity contribution in [3.63, 3.8) is 0 Å². The van der Waals surface area contributed by atoms with E-state index in [1.54, 1.807) is 6.20 Å². The summed E-state index contributed by atoms with van der Waals surface area (Å²) in [4.78, 5) is 14.5. The second kappa shape index (κ2) is 4.71. The minimum Gasteiger partial charge on any atom is -0.352 e. The average Bonchev–Trinajstić information content (AvgIpc) is 2.63. The Kier molecular flexibility index (Phi) is 3.28. The van der Waals surface area contributed by atoms with Crippen LogP contribution in [0, 0.1) is 6.92 Å². The lowest BCUT2D eigenvalue weighted by Gasteiger charge is -2.18. The highest BCUT2D eigenvalue weighted by atomic mass is 35.5. The van der Waals surface area contributed by atoms with Crippen LogP contribution in [0.5, 0.6) is 0 Å². The smallest absolute Gasteiger partial charge is 0.224 e. The molecule has 2 heterocycles. The summed E-state index contributed by atoms with van der Waals surface area (Å²) in [7, 11) is 3.92. The van der Waals surface area contributed by atoms with Gasteiger partial charge < -0.3 is 9.47 Å². The highest BCUT2D eigenvalue weighted by Crippen LogP contribution is 2.15. The van der Waals surface area contributed by atoms with E-state index in [9.17, 15) is 0 Å². The largest absolute Gasteiger partial charge is 0.352 e. The molecule has 2 aromatic heterocycles.